The highest BCUT2D eigenvalue weighted by Crippen LogP contribution is 2.12. The summed E-state index contributed by atoms with van der Waals surface area (Å²) in [5, 5.41) is 0. The van der Waals surface area contributed by atoms with Gasteiger partial charge in [0.25, 0.3) is 0 Å². The number of benzene rings is 1. The first-order valence-electron chi connectivity index (χ1n) is 8.65. The molecule has 1 rings (SSSR count). The molecule has 23 heavy (non-hydrogen) atoms. The Morgan fingerprint density at radius 2 is 1.70 bits per heavy atom. The smallest absolute Gasteiger partial charge is 0.338 e. The van der Waals surface area contributed by atoms with Crippen LogP contribution in [0.25, 0.3) is 0 Å². The summed E-state index contributed by atoms with van der Waals surface area (Å²) in [5.41, 5.74) is 0.563. The summed E-state index contributed by atoms with van der Waals surface area (Å²) in [5.74, 6) is 0.342. The second-order valence-electron chi connectivity index (χ2n) is 5.61. The van der Waals surface area contributed by atoms with E-state index in [4.69, 9.17) is 14.2 Å². The Hall–Kier alpha value is -1.39. The van der Waals surface area contributed by atoms with Crippen molar-refractivity contribution >= 4 is 5.97 Å². The molecule has 4 nitrogen and oxygen atoms in total. The second kappa shape index (κ2) is 13.1. The van der Waals surface area contributed by atoms with Crippen LogP contribution in [0, 0.1) is 5.92 Å². The molecule has 0 aliphatic rings. The van der Waals surface area contributed by atoms with Crippen LogP contribution < -0.4 is 0 Å². The lowest BCUT2D eigenvalue weighted by atomic mass is 10.0. The lowest BCUT2D eigenvalue weighted by Gasteiger charge is -2.14. The Morgan fingerprint density at radius 3 is 2.39 bits per heavy atom. The van der Waals surface area contributed by atoms with Gasteiger partial charge in [-0.15, -0.1) is 0 Å². The van der Waals surface area contributed by atoms with Gasteiger partial charge < -0.3 is 14.2 Å². The summed E-state index contributed by atoms with van der Waals surface area (Å²) < 4.78 is 16.2. The van der Waals surface area contributed by atoms with Gasteiger partial charge in [0.15, 0.2) is 0 Å². The molecule has 0 radical (unpaired) electrons. The fourth-order valence-corrected chi connectivity index (χ4v) is 2.22. The average Bonchev–Trinajstić information content (AvgIpc) is 2.60. The molecule has 0 saturated carbocycles. The maximum absolute atomic E-state index is 11.7. The van der Waals surface area contributed by atoms with Gasteiger partial charge in [0, 0.05) is 6.61 Å². The molecule has 0 N–H and O–H groups in total. The van der Waals surface area contributed by atoms with Crippen molar-refractivity contribution in [3.05, 3.63) is 35.9 Å². The molecule has 130 valence electrons. The molecule has 0 bridgehead atoms. The maximum atomic E-state index is 11.7. The van der Waals surface area contributed by atoms with E-state index in [1.165, 1.54) is 19.3 Å². The summed E-state index contributed by atoms with van der Waals surface area (Å²) in [7, 11) is 0. The van der Waals surface area contributed by atoms with Crippen molar-refractivity contribution in [1.82, 2.24) is 0 Å². The van der Waals surface area contributed by atoms with E-state index in [0.29, 0.717) is 31.3 Å². The zero-order valence-corrected chi connectivity index (χ0v) is 14.5. The topological polar surface area (TPSA) is 44.8 Å². The number of hydrogen-bond donors (Lipinski definition) is 0. The highest BCUT2D eigenvalue weighted by Gasteiger charge is 2.06. The van der Waals surface area contributed by atoms with E-state index < -0.39 is 0 Å². The lowest BCUT2D eigenvalue weighted by molar-refractivity contribution is 0.00802. The molecule has 4 heteroatoms. The summed E-state index contributed by atoms with van der Waals surface area (Å²) in [6, 6.07) is 8.97. The first-order valence-corrected chi connectivity index (χ1v) is 8.65. The van der Waals surface area contributed by atoms with Crippen LogP contribution in [0.2, 0.25) is 0 Å². The van der Waals surface area contributed by atoms with Crippen molar-refractivity contribution in [2.24, 2.45) is 5.92 Å². The highest BCUT2D eigenvalue weighted by atomic mass is 16.6. The van der Waals surface area contributed by atoms with Gasteiger partial charge in [0.2, 0.25) is 0 Å². The van der Waals surface area contributed by atoms with Crippen molar-refractivity contribution in [1.29, 1.82) is 0 Å². The second-order valence-corrected chi connectivity index (χ2v) is 5.61. The Kier molecular flexibility index (Phi) is 11.2. The van der Waals surface area contributed by atoms with Crippen LogP contribution >= 0.6 is 0 Å². The average molecular weight is 322 g/mol. The van der Waals surface area contributed by atoms with Crippen LogP contribution in [0.3, 0.4) is 0 Å². The standard InChI is InChI=1S/C19H30O4/c1-3-5-9-17(4-2)16-22-13-12-21-14-15-23-19(20)18-10-7-6-8-11-18/h6-8,10-11,17H,3-5,9,12-16H2,1-2H3. The third-order valence-electron chi connectivity index (χ3n) is 3.74. The predicted octanol–water partition coefficient (Wildman–Crippen LogP) is 4.09. The maximum Gasteiger partial charge on any atom is 0.338 e. The number of carbonyl (C=O) groups is 1. The third kappa shape index (κ3) is 9.36. The van der Waals surface area contributed by atoms with Gasteiger partial charge >= 0.3 is 5.97 Å². The van der Waals surface area contributed by atoms with Crippen LogP contribution in [0.15, 0.2) is 30.3 Å². The minimum atomic E-state index is -0.313. The van der Waals surface area contributed by atoms with Gasteiger partial charge in [-0.25, -0.2) is 4.79 Å². The Bertz CT molecular complexity index is 405. The zero-order valence-electron chi connectivity index (χ0n) is 14.5. The molecular weight excluding hydrogens is 292 g/mol. The number of carbonyl (C=O) groups excluding carboxylic acids is 1. The molecule has 0 spiro atoms. The largest absolute Gasteiger partial charge is 0.460 e. The van der Waals surface area contributed by atoms with Crippen molar-refractivity contribution in [3.63, 3.8) is 0 Å². The van der Waals surface area contributed by atoms with E-state index in [9.17, 15) is 4.79 Å². The fraction of sp³-hybridized carbons (Fsp3) is 0.632. The predicted molar refractivity (Wildman–Crippen MR) is 91.7 cm³/mol. The molecule has 0 saturated heterocycles. The molecule has 0 aliphatic heterocycles. The van der Waals surface area contributed by atoms with E-state index in [1.807, 2.05) is 18.2 Å². The van der Waals surface area contributed by atoms with Crippen LogP contribution in [-0.4, -0.2) is 39.0 Å². The van der Waals surface area contributed by atoms with Gasteiger partial charge in [0.05, 0.1) is 25.4 Å². The molecule has 1 atom stereocenters. The Morgan fingerprint density at radius 1 is 1.00 bits per heavy atom. The summed E-state index contributed by atoms with van der Waals surface area (Å²) >= 11 is 0. The summed E-state index contributed by atoms with van der Waals surface area (Å²) in [6.45, 7) is 7.02. The quantitative estimate of drug-likeness (QED) is 0.405. The van der Waals surface area contributed by atoms with Gasteiger partial charge in [-0.1, -0.05) is 51.3 Å². The molecule has 1 aromatic carbocycles. The number of esters is 1. The normalized spacial score (nSPS) is 12.1. The zero-order chi connectivity index (χ0) is 16.8. The molecule has 0 aromatic heterocycles. The van der Waals surface area contributed by atoms with Crippen LogP contribution in [-0.2, 0) is 14.2 Å². The monoisotopic (exact) mass is 322 g/mol. The molecule has 0 aliphatic carbocycles. The summed E-state index contributed by atoms with van der Waals surface area (Å²) in [6.07, 6.45) is 4.91. The van der Waals surface area contributed by atoms with Crippen molar-refractivity contribution < 1.29 is 19.0 Å². The van der Waals surface area contributed by atoms with Gasteiger partial charge in [0.1, 0.15) is 6.61 Å². The van der Waals surface area contributed by atoms with E-state index in [0.717, 1.165) is 13.0 Å². The van der Waals surface area contributed by atoms with Gasteiger partial charge in [-0.05, 0) is 24.5 Å². The van der Waals surface area contributed by atoms with E-state index in [1.54, 1.807) is 12.1 Å². The summed E-state index contributed by atoms with van der Waals surface area (Å²) in [4.78, 5) is 11.7. The number of ether oxygens (including phenoxy) is 3. The fourth-order valence-electron chi connectivity index (χ4n) is 2.22. The highest BCUT2D eigenvalue weighted by molar-refractivity contribution is 5.89. The number of rotatable bonds is 13. The van der Waals surface area contributed by atoms with Gasteiger partial charge in [-0.2, -0.15) is 0 Å². The Balaban J connectivity index is 1.96. The number of hydrogen-bond acceptors (Lipinski definition) is 4. The van der Waals surface area contributed by atoms with E-state index in [2.05, 4.69) is 13.8 Å². The van der Waals surface area contributed by atoms with E-state index >= 15 is 0 Å². The van der Waals surface area contributed by atoms with E-state index in [-0.39, 0.29) is 12.6 Å². The van der Waals surface area contributed by atoms with Crippen LogP contribution in [0.1, 0.15) is 49.9 Å². The Labute approximate surface area is 140 Å². The van der Waals surface area contributed by atoms with Crippen molar-refractivity contribution in [2.45, 2.75) is 39.5 Å². The molecule has 0 heterocycles. The minimum absolute atomic E-state index is 0.266. The van der Waals surface area contributed by atoms with Crippen molar-refractivity contribution in [3.8, 4) is 0 Å². The van der Waals surface area contributed by atoms with Crippen molar-refractivity contribution in [2.75, 3.05) is 33.0 Å². The molecule has 1 aromatic rings. The molecule has 1 unspecified atom stereocenters. The third-order valence-corrected chi connectivity index (χ3v) is 3.74. The molecule has 0 amide bonds. The molecule has 0 fully saturated rings. The van der Waals surface area contributed by atoms with Crippen LogP contribution in [0.4, 0.5) is 0 Å². The number of unbranched alkanes of at least 4 members (excludes halogenated alkanes) is 1. The lowest BCUT2D eigenvalue weighted by Crippen LogP contribution is -2.15. The first-order chi connectivity index (χ1) is 11.3. The SMILES string of the molecule is CCCCC(CC)COCCOCCOC(=O)c1ccccc1. The first kappa shape index (κ1) is 19.7. The van der Waals surface area contributed by atoms with Crippen LogP contribution in [0.5, 0.6) is 0 Å². The van der Waals surface area contributed by atoms with Gasteiger partial charge in [-0.3, -0.25) is 0 Å². The minimum Gasteiger partial charge on any atom is -0.460 e. The molecular formula is C19H30O4.